The fraction of sp³-hybridized carbons (Fsp3) is 0.471. The Bertz CT molecular complexity index is 683. The molecule has 0 aliphatic carbocycles. The van der Waals surface area contributed by atoms with Gasteiger partial charge >= 0.3 is 0 Å². The molecule has 0 radical (unpaired) electrons. The zero-order chi connectivity index (χ0) is 16.1. The number of carbonyl (C=O) groups excluding carboxylic acids is 1. The Morgan fingerprint density at radius 1 is 1.22 bits per heavy atom. The van der Waals surface area contributed by atoms with Gasteiger partial charge in [-0.1, -0.05) is 36.2 Å². The lowest BCUT2D eigenvalue weighted by Crippen LogP contribution is -2.28. The van der Waals surface area contributed by atoms with Gasteiger partial charge in [-0.3, -0.25) is 4.79 Å². The lowest BCUT2D eigenvalue weighted by atomic mass is 10.1. The molecular weight excluding hydrogens is 312 g/mol. The van der Waals surface area contributed by atoms with Crippen LogP contribution in [-0.4, -0.2) is 27.2 Å². The highest BCUT2D eigenvalue weighted by molar-refractivity contribution is 6.31. The summed E-state index contributed by atoms with van der Waals surface area (Å²) in [7, 11) is 0. The number of aryl methyl sites for hydroxylation is 1. The van der Waals surface area contributed by atoms with Gasteiger partial charge in [0.15, 0.2) is 0 Å². The van der Waals surface area contributed by atoms with E-state index in [1.807, 2.05) is 18.2 Å². The van der Waals surface area contributed by atoms with Crippen LogP contribution in [-0.2, 0) is 30.6 Å². The zero-order valence-corrected chi connectivity index (χ0v) is 13.9. The van der Waals surface area contributed by atoms with Gasteiger partial charge in [-0.15, -0.1) is 10.2 Å². The monoisotopic (exact) mass is 332 g/mol. The largest absolute Gasteiger partial charge is 0.355 e. The van der Waals surface area contributed by atoms with Crippen molar-refractivity contribution in [3.05, 3.63) is 46.5 Å². The van der Waals surface area contributed by atoms with Crippen LogP contribution >= 0.6 is 11.6 Å². The van der Waals surface area contributed by atoms with Crippen LogP contribution < -0.4 is 5.32 Å². The number of benzene rings is 1. The first-order valence-corrected chi connectivity index (χ1v) is 8.53. The van der Waals surface area contributed by atoms with Gasteiger partial charge < -0.3 is 9.88 Å². The molecule has 1 aliphatic rings. The van der Waals surface area contributed by atoms with Gasteiger partial charge in [-0.25, -0.2) is 0 Å². The Hall–Kier alpha value is -1.88. The summed E-state index contributed by atoms with van der Waals surface area (Å²) in [6.45, 7) is 1.56. The second-order valence-corrected chi connectivity index (χ2v) is 6.27. The molecule has 6 heteroatoms. The molecule has 0 unspecified atom stereocenters. The van der Waals surface area contributed by atoms with E-state index in [1.54, 1.807) is 6.07 Å². The maximum atomic E-state index is 12.0. The molecular formula is C17H21ClN4O. The van der Waals surface area contributed by atoms with Gasteiger partial charge in [0, 0.05) is 31.0 Å². The first kappa shape index (κ1) is 16.0. The van der Waals surface area contributed by atoms with Crippen LogP contribution in [0.2, 0.25) is 5.02 Å². The molecule has 0 bridgehead atoms. The Labute approximate surface area is 141 Å². The average molecular weight is 333 g/mol. The highest BCUT2D eigenvalue weighted by Gasteiger charge is 2.14. The molecule has 0 saturated heterocycles. The molecule has 3 rings (SSSR count). The van der Waals surface area contributed by atoms with Crippen LogP contribution in [0, 0.1) is 0 Å². The molecule has 122 valence electrons. The van der Waals surface area contributed by atoms with E-state index in [2.05, 4.69) is 20.1 Å². The molecule has 1 N–H and O–H groups in total. The van der Waals surface area contributed by atoms with Gasteiger partial charge in [0.1, 0.15) is 11.6 Å². The van der Waals surface area contributed by atoms with Gasteiger partial charge in [0.25, 0.3) is 0 Å². The summed E-state index contributed by atoms with van der Waals surface area (Å²) in [5.41, 5.74) is 0.850. The highest BCUT2D eigenvalue weighted by atomic mass is 35.5. The third-order valence-corrected chi connectivity index (χ3v) is 4.53. The number of halogens is 1. The molecule has 5 nitrogen and oxygen atoms in total. The van der Waals surface area contributed by atoms with Crippen LogP contribution in [0.4, 0.5) is 0 Å². The van der Waals surface area contributed by atoms with E-state index in [0.717, 1.165) is 30.2 Å². The highest BCUT2D eigenvalue weighted by Crippen LogP contribution is 2.16. The Morgan fingerprint density at radius 2 is 2.09 bits per heavy atom. The predicted octanol–water partition coefficient (Wildman–Crippen LogP) is 2.56. The number of hydrogen-bond donors (Lipinski definition) is 1. The molecule has 23 heavy (non-hydrogen) atoms. The number of hydrogen-bond acceptors (Lipinski definition) is 3. The normalized spacial score (nSPS) is 14.1. The van der Waals surface area contributed by atoms with Gasteiger partial charge in [0.05, 0.1) is 6.42 Å². The Morgan fingerprint density at radius 3 is 2.96 bits per heavy atom. The molecule has 0 spiro atoms. The first-order valence-electron chi connectivity index (χ1n) is 8.15. The van der Waals surface area contributed by atoms with Crippen LogP contribution in [0.3, 0.4) is 0 Å². The van der Waals surface area contributed by atoms with Crippen molar-refractivity contribution in [1.82, 2.24) is 20.1 Å². The number of carbonyl (C=O) groups is 1. The van der Waals surface area contributed by atoms with Gasteiger partial charge in [-0.05, 0) is 24.5 Å². The summed E-state index contributed by atoms with van der Waals surface area (Å²) in [4.78, 5) is 12.0. The molecule has 0 atom stereocenters. The molecule has 2 aromatic rings. The van der Waals surface area contributed by atoms with Crippen molar-refractivity contribution < 1.29 is 4.79 Å². The number of nitrogens with zero attached hydrogens (tertiary/aromatic N) is 3. The van der Waals surface area contributed by atoms with E-state index in [0.29, 0.717) is 24.4 Å². The Kier molecular flexibility index (Phi) is 5.28. The molecule has 1 aromatic heterocycles. The van der Waals surface area contributed by atoms with Crippen LogP contribution in [0.1, 0.15) is 36.5 Å². The SMILES string of the molecule is O=C(Cc1ccccc1Cl)NCCc1nnc2n1CCCCC2. The standard InChI is InChI=1S/C17H21ClN4O/c18-14-7-4-3-6-13(14)12-17(23)19-10-9-16-21-20-15-8-2-1-5-11-22(15)16/h3-4,6-7H,1-2,5,8-12H2,(H,19,23). The van der Waals surface area contributed by atoms with Crippen molar-refractivity contribution in [2.75, 3.05) is 6.54 Å². The maximum absolute atomic E-state index is 12.0. The second-order valence-electron chi connectivity index (χ2n) is 5.86. The molecule has 1 amide bonds. The summed E-state index contributed by atoms with van der Waals surface area (Å²) in [6.07, 6.45) is 5.63. The van der Waals surface area contributed by atoms with Crippen LogP contribution in [0.5, 0.6) is 0 Å². The van der Waals surface area contributed by atoms with Crippen molar-refractivity contribution in [3.63, 3.8) is 0 Å². The predicted molar refractivity (Wildman–Crippen MR) is 89.4 cm³/mol. The third kappa shape index (κ3) is 4.10. The lowest BCUT2D eigenvalue weighted by Gasteiger charge is -2.08. The average Bonchev–Trinajstić information content (AvgIpc) is 2.78. The first-order chi connectivity index (χ1) is 11.2. The van der Waals surface area contributed by atoms with Crippen molar-refractivity contribution in [1.29, 1.82) is 0 Å². The molecule has 1 aromatic carbocycles. The molecule has 1 aliphatic heterocycles. The number of amides is 1. The number of aromatic nitrogens is 3. The fourth-order valence-electron chi connectivity index (χ4n) is 2.92. The van der Waals surface area contributed by atoms with E-state index in [9.17, 15) is 4.79 Å². The quantitative estimate of drug-likeness (QED) is 0.915. The van der Waals surface area contributed by atoms with Crippen molar-refractivity contribution in [2.24, 2.45) is 0 Å². The summed E-state index contributed by atoms with van der Waals surface area (Å²) < 4.78 is 2.22. The van der Waals surface area contributed by atoms with E-state index < -0.39 is 0 Å². The van der Waals surface area contributed by atoms with Crippen molar-refractivity contribution in [2.45, 2.75) is 45.1 Å². The van der Waals surface area contributed by atoms with Crippen LogP contribution in [0.25, 0.3) is 0 Å². The van der Waals surface area contributed by atoms with E-state index in [1.165, 1.54) is 19.3 Å². The van der Waals surface area contributed by atoms with Crippen LogP contribution in [0.15, 0.2) is 24.3 Å². The van der Waals surface area contributed by atoms with E-state index in [-0.39, 0.29) is 5.91 Å². The lowest BCUT2D eigenvalue weighted by molar-refractivity contribution is -0.120. The van der Waals surface area contributed by atoms with E-state index in [4.69, 9.17) is 11.6 Å². The van der Waals surface area contributed by atoms with E-state index >= 15 is 0 Å². The van der Waals surface area contributed by atoms with Crippen molar-refractivity contribution in [3.8, 4) is 0 Å². The molecule has 0 fully saturated rings. The molecule has 2 heterocycles. The summed E-state index contributed by atoms with van der Waals surface area (Å²) >= 11 is 6.08. The number of rotatable bonds is 5. The third-order valence-electron chi connectivity index (χ3n) is 4.17. The molecule has 0 saturated carbocycles. The Balaban J connectivity index is 1.51. The van der Waals surface area contributed by atoms with Gasteiger partial charge in [-0.2, -0.15) is 0 Å². The second kappa shape index (κ2) is 7.59. The summed E-state index contributed by atoms with van der Waals surface area (Å²) in [5.74, 6) is 2.04. The minimum atomic E-state index is -0.0197. The smallest absolute Gasteiger partial charge is 0.224 e. The topological polar surface area (TPSA) is 59.8 Å². The minimum Gasteiger partial charge on any atom is -0.355 e. The number of nitrogens with one attached hydrogen (secondary N) is 1. The summed E-state index contributed by atoms with van der Waals surface area (Å²) in [5, 5.41) is 12.1. The summed E-state index contributed by atoms with van der Waals surface area (Å²) in [6, 6.07) is 7.43. The maximum Gasteiger partial charge on any atom is 0.224 e. The van der Waals surface area contributed by atoms with Gasteiger partial charge in [0.2, 0.25) is 5.91 Å². The fourth-order valence-corrected chi connectivity index (χ4v) is 3.12. The number of fused-ring (bicyclic) bond motifs is 1. The zero-order valence-electron chi connectivity index (χ0n) is 13.1. The minimum absolute atomic E-state index is 0.0197. The van der Waals surface area contributed by atoms with Crippen molar-refractivity contribution >= 4 is 17.5 Å².